The van der Waals surface area contributed by atoms with Crippen molar-refractivity contribution in [1.29, 1.82) is 0 Å². The van der Waals surface area contributed by atoms with Gasteiger partial charge in [-0.25, -0.2) is 9.18 Å². The minimum atomic E-state index is -0.526. The molecule has 0 saturated carbocycles. The van der Waals surface area contributed by atoms with Crippen LogP contribution in [0.3, 0.4) is 0 Å². The minimum Gasteiger partial charge on any atom is -0.354 e. The van der Waals surface area contributed by atoms with Gasteiger partial charge in [-0.3, -0.25) is 4.79 Å². The Kier molecular flexibility index (Phi) is 5.89. The zero-order valence-electron chi connectivity index (χ0n) is 13.0. The first-order valence-electron chi connectivity index (χ1n) is 7.19. The Morgan fingerprint density at radius 2 is 2.00 bits per heavy atom. The molecule has 0 radical (unpaired) electrons. The number of nitrogens with zero attached hydrogens (tertiary/aromatic N) is 1. The summed E-state index contributed by atoms with van der Waals surface area (Å²) in [4.78, 5) is 25.4. The molecule has 1 aromatic rings. The van der Waals surface area contributed by atoms with E-state index in [0.29, 0.717) is 12.2 Å². The van der Waals surface area contributed by atoms with Crippen molar-refractivity contribution < 1.29 is 23.5 Å². The molecule has 2 rings (SSSR count). The van der Waals surface area contributed by atoms with Crippen LogP contribution < -0.4 is 15.5 Å². The normalized spacial score (nSPS) is 17.7. The molecular weight excluding hydrogens is 305 g/mol. The standard InChI is InChI=1S/C15H20FN3O4/c1-22-14(23-2)8-17-15(21)18-11-7-13(20)19(9-11)12-5-3-10(16)4-6-12/h3-6,11,14H,7-9H2,1-2H3,(H2,17,18,21). The van der Waals surface area contributed by atoms with Gasteiger partial charge in [-0.05, 0) is 24.3 Å². The van der Waals surface area contributed by atoms with Crippen LogP contribution in [0.15, 0.2) is 24.3 Å². The Morgan fingerprint density at radius 3 is 2.61 bits per heavy atom. The van der Waals surface area contributed by atoms with Gasteiger partial charge in [0.2, 0.25) is 5.91 Å². The van der Waals surface area contributed by atoms with Gasteiger partial charge in [-0.2, -0.15) is 0 Å². The van der Waals surface area contributed by atoms with Crippen LogP contribution in [-0.4, -0.2) is 51.6 Å². The highest BCUT2D eigenvalue weighted by Gasteiger charge is 2.31. The first-order chi connectivity index (χ1) is 11.0. The van der Waals surface area contributed by atoms with E-state index in [0.717, 1.165) is 0 Å². The molecule has 0 spiro atoms. The van der Waals surface area contributed by atoms with E-state index in [2.05, 4.69) is 10.6 Å². The van der Waals surface area contributed by atoms with Gasteiger partial charge in [0.15, 0.2) is 6.29 Å². The number of ether oxygens (including phenoxy) is 2. The third-order valence-electron chi connectivity index (χ3n) is 3.55. The van der Waals surface area contributed by atoms with E-state index in [1.807, 2.05) is 0 Å². The topological polar surface area (TPSA) is 79.9 Å². The van der Waals surface area contributed by atoms with Crippen LogP contribution in [-0.2, 0) is 14.3 Å². The molecular formula is C15H20FN3O4. The van der Waals surface area contributed by atoms with Gasteiger partial charge in [0, 0.05) is 32.9 Å². The van der Waals surface area contributed by atoms with Crippen molar-refractivity contribution in [2.45, 2.75) is 18.8 Å². The van der Waals surface area contributed by atoms with Gasteiger partial charge in [0.1, 0.15) is 5.82 Å². The predicted molar refractivity (Wildman–Crippen MR) is 81.5 cm³/mol. The van der Waals surface area contributed by atoms with E-state index in [1.165, 1.54) is 43.4 Å². The summed E-state index contributed by atoms with van der Waals surface area (Å²) < 4.78 is 22.9. The summed E-state index contributed by atoms with van der Waals surface area (Å²) in [6.07, 6.45) is -0.329. The summed E-state index contributed by atoms with van der Waals surface area (Å²) in [7, 11) is 2.95. The first kappa shape index (κ1) is 17.2. The Hall–Kier alpha value is -2.19. The molecule has 7 nitrogen and oxygen atoms in total. The van der Waals surface area contributed by atoms with E-state index in [4.69, 9.17) is 9.47 Å². The number of rotatable bonds is 6. The largest absolute Gasteiger partial charge is 0.354 e. The molecule has 1 fully saturated rings. The lowest BCUT2D eigenvalue weighted by Gasteiger charge is -2.18. The van der Waals surface area contributed by atoms with E-state index < -0.39 is 12.3 Å². The lowest BCUT2D eigenvalue weighted by molar-refractivity contribution is -0.117. The summed E-state index contributed by atoms with van der Waals surface area (Å²) in [6.45, 7) is 0.539. The van der Waals surface area contributed by atoms with Crippen LogP contribution in [0.2, 0.25) is 0 Å². The molecule has 1 heterocycles. The average molecular weight is 325 g/mol. The fourth-order valence-electron chi connectivity index (χ4n) is 2.35. The van der Waals surface area contributed by atoms with Gasteiger partial charge < -0.3 is 25.0 Å². The van der Waals surface area contributed by atoms with E-state index in [-0.39, 0.29) is 30.7 Å². The lowest BCUT2D eigenvalue weighted by atomic mass is 10.2. The van der Waals surface area contributed by atoms with E-state index >= 15 is 0 Å². The summed E-state index contributed by atoms with van der Waals surface area (Å²) in [5, 5.41) is 5.34. The van der Waals surface area contributed by atoms with E-state index in [1.54, 1.807) is 0 Å². The zero-order chi connectivity index (χ0) is 16.8. The molecule has 23 heavy (non-hydrogen) atoms. The molecule has 0 bridgehead atoms. The molecule has 1 atom stereocenters. The van der Waals surface area contributed by atoms with Gasteiger partial charge in [-0.1, -0.05) is 0 Å². The third-order valence-corrected chi connectivity index (χ3v) is 3.55. The second-order valence-electron chi connectivity index (χ2n) is 5.14. The number of hydrogen-bond acceptors (Lipinski definition) is 4. The Morgan fingerprint density at radius 1 is 1.35 bits per heavy atom. The number of benzene rings is 1. The molecule has 8 heteroatoms. The summed E-state index contributed by atoms with van der Waals surface area (Å²) in [5.74, 6) is -0.478. The number of carbonyl (C=O) groups excluding carboxylic acids is 2. The number of nitrogens with one attached hydrogen (secondary N) is 2. The molecule has 1 aliphatic rings. The number of amides is 3. The van der Waals surface area contributed by atoms with Crippen molar-refractivity contribution >= 4 is 17.6 Å². The Labute approximate surface area is 133 Å². The van der Waals surface area contributed by atoms with Crippen LogP contribution in [0, 0.1) is 5.82 Å². The number of hydrogen-bond donors (Lipinski definition) is 2. The monoisotopic (exact) mass is 325 g/mol. The maximum atomic E-state index is 12.9. The molecule has 0 aromatic heterocycles. The highest BCUT2D eigenvalue weighted by Crippen LogP contribution is 2.21. The average Bonchev–Trinajstić information content (AvgIpc) is 2.89. The third kappa shape index (κ3) is 4.64. The quantitative estimate of drug-likeness (QED) is 0.760. The second-order valence-corrected chi connectivity index (χ2v) is 5.14. The SMILES string of the molecule is COC(CNC(=O)NC1CC(=O)N(c2ccc(F)cc2)C1)OC. The molecule has 126 valence electrons. The minimum absolute atomic E-state index is 0.117. The smallest absolute Gasteiger partial charge is 0.315 e. The fraction of sp³-hybridized carbons (Fsp3) is 0.467. The molecule has 1 unspecified atom stereocenters. The van der Waals surface area contributed by atoms with Gasteiger partial charge in [0.25, 0.3) is 0 Å². The van der Waals surface area contributed by atoms with Gasteiger partial charge >= 0.3 is 6.03 Å². The van der Waals surface area contributed by atoms with Crippen molar-refractivity contribution in [3.63, 3.8) is 0 Å². The summed E-state index contributed by atoms with van der Waals surface area (Å²) in [6, 6.07) is 4.96. The van der Waals surface area contributed by atoms with Crippen molar-refractivity contribution in [3.8, 4) is 0 Å². The van der Waals surface area contributed by atoms with Crippen LogP contribution in [0.25, 0.3) is 0 Å². The molecule has 1 saturated heterocycles. The van der Waals surface area contributed by atoms with E-state index in [9.17, 15) is 14.0 Å². The van der Waals surface area contributed by atoms with Gasteiger partial charge in [0.05, 0.1) is 12.6 Å². The molecule has 1 aliphatic heterocycles. The molecule has 2 N–H and O–H groups in total. The highest BCUT2D eigenvalue weighted by molar-refractivity contribution is 5.96. The lowest BCUT2D eigenvalue weighted by Crippen LogP contribution is -2.46. The van der Waals surface area contributed by atoms with Crippen LogP contribution in [0.5, 0.6) is 0 Å². The maximum absolute atomic E-state index is 12.9. The van der Waals surface area contributed by atoms with Crippen molar-refractivity contribution in [2.24, 2.45) is 0 Å². The van der Waals surface area contributed by atoms with Crippen molar-refractivity contribution in [1.82, 2.24) is 10.6 Å². The number of methoxy groups -OCH3 is 2. The number of carbonyl (C=O) groups is 2. The Balaban J connectivity index is 1.85. The molecule has 1 aromatic carbocycles. The number of halogens is 1. The highest BCUT2D eigenvalue weighted by atomic mass is 19.1. The summed E-state index contributed by atoms with van der Waals surface area (Å²) in [5.41, 5.74) is 0.611. The zero-order valence-corrected chi connectivity index (χ0v) is 13.0. The van der Waals surface area contributed by atoms with Gasteiger partial charge in [-0.15, -0.1) is 0 Å². The predicted octanol–water partition coefficient (Wildman–Crippen LogP) is 0.849. The second kappa shape index (κ2) is 7.89. The van der Waals surface area contributed by atoms with Crippen LogP contribution in [0.1, 0.15) is 6.42 Å². The fourth-order valence-corrected chi connectivity index (χ4v) is 2.35. The number of urea groups is 1. The first-order valence-corrected chi connectivity index (χ1v) is 7.19. The molecule has 0 aliphatic carbocycles. The van der Waals surface area contributed by atoms with Crippen molar-refractivity contribution in [2.75, 3.05) is 32.2 Å². The van der Waals surface area contributed by atoms with Crippen LogP contribution >= 0.6 is 0 Å². The molecule has 3 amide bonds. The van der Waals surface area contributed by atoms with Crippen molar-refractivity contribution in [3.05, 3.63) is 30.1 Å². The maximum Gasteiger partial charge on any atom is 0.315 e. The van der Waals surface area contributed by atoms with Crippen LogP contribution in [0.4, 0.5) is 14.9 Å². The summed E-state index contributed by atoms with van der Waals surface area (Å²) >= 11 is 0. The Bertz CT molecular complexity index is 548. The number of anilines is 1.